The van der Waals surface area contributed by atoms with Gasteiger partial charge < -0.3 is 25.9 Å². The van der Waals surface area contributed by atoms with Crippen LogP contribution in [0.1, 0.15) is 91.2 Å². The van der Waals surface area contributed by atoms with E-state index in [1.165, 1.54) is 32.1 Å². The fraction of sp³-hybridized carbons (Fsp3) is 0.800. The molecule has 1 aliphatic rings. The molecule has 0 aromatic carbocycles. The van der Waals surface area contributed by atoms with Gasteiger partial charge in [-0.1, -0.05) is 26.2 Å². The summed E-state index contributed by atoms with van der Waals surface area (Å²) in [6.45, 7) is 7.36. The molecule has 0 aliphatic heterocycles. The summed E-state index contributed by atoms with van der Waals surface area (Å²) in [7, 11) is 0. The Labute approximate surface area is 198 Å². The Morgan fingerprint density at radius 1 is 1.27 bits per heavy atom. The molecular weight excluding hydrogens is 420 g/mol. The molecule has 3 unspecified atom stereocenters. The minimum absolute atomic E-state index is 0.0500. The highest BCUT2D eigenvalue weighted by Gasteiger charge is 2.27. The van der Waals surface area contributed by atoms with E-state index < -0.39 is 23.8 Å². The van der Waals surface area contributed by atoms with Gasteiger partial charge in [0.1, 0.15) is 5.60 Å². The topological polar surface area (TPSA) is 130 Å². The van der Waals surface area contributed by atoms with E-state index in [4.69, 9.17) is 10.5 Å². The van der Waals surface area contributed by atoms with Crippen molar-refractivity contribution in [2.24, 2.45) is 17.6 Å². The quantitative estimate of drug-likeness (QED) is 0.371. The van der Waals surface area contributed by atoms with Gasteiger partial charge in [0.2, 0.25) is 0 Å². The SMILES string of the molecule is CC(CCC(O)CC(N)C1CCCCC1)CC(=O)[C@H](Cc1cnc[nH]1)NC(=O)OC(C)(C)C. The number of amides is 1. The zero-order valence-corrected chi connectivity index (χ0v) is 20.8. The van der Waals surface area contributed by atoms with Gasteiger partial charge >= 0.3 is 6.09 Å². The monoisotopic (exact) mass is 464 g/mol. The van der Waals surface area contributed by atoms with E-state index in [1.807, 2.05) is 6.92 Å². The van der Waals surface area contributed by atoms with Crippen LogP contribution in [-0.4, -0.2) is 50.7 Å². The molecule has 4 atom stereocenters. The molecule has 1 aromatic heterocycles. The number of Topliss-reactive ketones (excluding diaryl/α,β-unsaturated/α-hetero) is 1. The van der Waals surface area contributed by atoms with Gasteiger partial charge in [0.25, 0.3) is 0 Å². The minimum Gasteiger partial charge on any atom is -0.444 e. The van der Waals surface area contributed by atoms with Crippen LogP contribution >= 0.6 is 0 Å². The summed E-state index contributed by atoms with van der Waals surface area (Å²) in [5, 5.41) is 13.2. The van der Waals surface area contributed by atoms with Crippen molar-refractivity contribution in [3.63, 3.8) is 0 Å². The first kappa shape index (κ1) is 27.3. The number of hydrogen-bond donors (Lipinski definition) is 4. The summed E-state index contributed by atoms with van der Waals surface area (Å²) in [5.41, 5.74) is 6.48. The molecule has 0 radical (unpaired) electrons. The number of aromatic nitrogens is 2. The zero-order chi connectivity index (χ0) is 24.4. The fourth-order valence-electron chi connectivity index (χ4n) is 4.56. The molecule has 2 rings (SSSR count). The second-order valence-corrected chi connectivity index (χ2v) is 10.8. The first-order chi connectivity index (χ1) is 15.5. The van der Waals surface area contributed by atoms with Crippen molar-refractivity contribution >= 4 is 11.9 Å². The first-order valence-electron chi connectivity index (χ1n) is 12.5. The Morgan fingerprint density at radius 3 is 2.58 bits per heavy atom. The number of H-pyrrole nitrogens is 1. The summed E-state index contributed by atoms with van der Waals surface area (Å²) in [6, 6.07) is -0.651. The van der Waals surface area contributed by atoms with Crippen LogP contribution in [0, 0.1) is 11.8 Å². The van der Waals surface area contributed by atoms with Crippen molar-refractivity contribution in [3.8, 4) is 0 Å². The Hall–Kier alpha value is -1.93. The van der Waals surface area contributed by atoms with Gasteiger partial charge in [0.15, 0.2) is 5.78 Å². The number of nitrogens with zero attached hydrogens (tertiary/aromatic N) is 1. The standard InChI is InChI=1S/C25H44N4O4/c1-17(10-11-20(30)14-21(26)18-8-6-5-7-9-18)12-23(31)22(13-19-15-27-16-28-19)29-24(32)33-25(2,3)4/h15-18,20-22,30H,5-14,26H2,1-4H3,(H,27,28)(H,29,32)/t17?,20?,21?,22-/m0/s1. The highest BCUT2D eigenvalue weighted by atomic mass is 16.6. The summed E-state index contributed by atoms with van der Waals surface area (Å²) in [6.07, 6.45) is 10.9. The van der Waals surface area contributed by atoms with Crippen molar-refractivity contribution in [2.45, 2.75) is 116 Å². The van der Waals surface area contributed by atoms with Gasteiger partial charge in [0, 0.05) is 30.8 Å². The third-order valence-corrected chi connectivity index (χ3v) is 6.40. The number of nitrogens with two attached hydrogens (primary N) is 1. The third kappa shape index (κ3) is 10.7. The van der Waals surface area contributed by atoms with E-state index in [0.29, 0.717) is 31.6 Å². The highest BCUT2D eigenvalue weighted by molar-refractivity contribution is 5.87. The van der Waals surface area contributed by atoms with Crippen LogP contribution in [0.4, 0.5) is 4.79 Å². The number of ether oxygens (including phenoxy) is 1. The van der Waals surface area contributed by atoms with Crippen LogP contribution in [0.25, 0.3) is 0 Å². The lowest BCUT2D eigenvalue weighted by Gasteiger charge is -2.29. The first-order valence-corrected chi connectivity index (χ1v) is 12.5. The van der Waals surface area contributed by atoms with Gasteiger partial charge in [-0.15, -0.1) is 0 Å². The van der Waals surface area contributed by atoms with Crippen molar-refractivity contribution in [3.05, 3.63) is 18.2 Å². The second-order valence-electron chi connectivity index (χ2n) is 10.8. The molecule has 8 nitrogen and oxygen atoms in total. The summed E-state index contributed by atoms with van der Waals surface area (Å²) in [4.78, 5) is 32.3. The predicted molar refractivity (Wildman–Crippen MR) is 129 cm³/mol. The van der Waals surface area contributed by atoms with E-state index in [1.54, 1.807) is 33.3 Å². The molecule has 1 amide bonds. The predicted octanol–water partition coefficient (Wildman–Crippen LogP) is 3.88. The number of aromatic amines is 1. The molecule has 1 heterocycles. The van der Waals surface area contributed by atoms with E-state index >= 15 is 0 Å². The zero-order valence-electron chi connectivity index (χ0n) is 20.8. The van der Waals surface area contributed by atoms with Gasteiger partial charge in [-0.05, 0) is 64.7 Å². The highest BCUT2D eigenvalue weighted by Crippen LogP contribution is 2.28. The van der Waals surface area contributed by atoms with Crippen molar-refractivity contribution < 1.29 is 19.4 Å². The Bertz CT molecular complexity index is 710. The number of alkyl carbamates (subject to hydrolysis) is 1. The third-order valence-electron chi connectivity index (χ3n) is 6.40. The molecule has 0 spiro atoms. The maximum Gasteiger partial charge on any atom is 0.408 e. The normalized spacial score (nSPS) is 18.8. The van der Waals surface area contributed by atoms with E-state index in [9.17, 15) is 14.7 Å². The molecule has 1 saturated carbocycles. The molecule has 8 heteroatoms. The number of rotatable bonds is 12. The lowest BCUT2D eigenvalue weighted by molar-refractivity contribution is -0.122. The number of hydrogen-bond acceptors (Lipinski definition) is 6. The average molecular weight is 465 g/mol. The number of carbonyl (C=O) groups is 2. The number of aliphatic hydroxyl groups excluding tert-OH is 1. The Morgan fingerprint density at radius 2 is 1.97 bits per heavy atom. The largest absolute Gasteiger partial charge is 0.444 e. The molecule has 188 valence electrons. The average Bonchev–Trinajstić information content (AvgIpc) is 3.24. The lowest BCUT2D eigenvalue weighted by atomic mass is 9.81. The molecule has 0 saturated heterocycles. The number of carbonyl (C=O) groups excluding carboxylic acids is 2. The van der Waals surface area contributed by atoms with Crippen LogP contribution in [0.5, 0.6) is 0 Å². The number of nitrogens with one attached hydrogen (secondary N) is 2. The number of imidazole rings is 1. The van der Waals surface area contributed by atoms with Crippen LogP contribution in [0.2, 0.25) is 0 Å². The van der Waals surface area contributed by atoms with Crippen LogP contribution < -0.4 is 11.1 Å². The minimum atomic E-state index is -0.701. The number of ketones is 1. The van der Waals surface area contributed by atoms with Crippen LogP contribution in [0.3, 0.4) is 0 Å². The van der Waals surface area contributed by atoms with Gasteiger partial charge in [-0.25, -0.2) is 9.78 Å². The van der Waals surface area contributed by atoms with E-state index in [0.717, 1.165) is 12.1 Å². The van der Waals surface area contributed by atoms with Crippen molar-refractivity contribution in [2.75, 3.05) is 0 Å². The summed E-state index contributed by atoms with van der Waals surface area (Å²) < 4.78 is 5.34. The van der Waals surface area contributed by atoms with Crippen LogP contribution in [-0.2, 0) is 16.0 Å². The molecular formula is C25H44N4O4. The molecule has 0 bridgehead atoms. The van der Waals surface area contributed by atoms with Crippen molar-refractivity contribution in [1.82, 2.24) is 15.3 Å². The Kier molecular flexibility index (Phi) is 10.8. The van der Waals surface area contributed by atoms with Crippen LogP contribution in [0.15, 0.2) is 12.5 Å². The maximum atomic E-state index is 13.0. The summed E-state index contributed by atoms with van der Waals surface area (Å²) in [5.74, 6) is 0.550. The molecule has 33 heavy (non-hydrogen) atoms. The molecule has 5 N–H and O–H groups in total. The van der Waals surface area contributed by atoms with Gasteiger partial charge in [0.05, 0.1) is 18.5 Å². The lowest BCUT2D eigenvalue weighted by Crippen LogP contribution is -2.45. The maximum absolute atomic E-state index is 13.0. The second kappa shape index (κ2) is 13.1. The van der Waals surface area contributed by atoms with Crippen molar-refractivity contribution in [1.29, 1.82) is 0 Å². The molecule has 1 aromatic rings. The summed E-state index contributed by atoms with van der Waals surface area (Å²) >= 11 is 0. The van der Waals surface area contributed by atoms with Gasteiger partial charge in [-0.3, -0.25) is 4.79 Å². The molecule has 1 aliphatic carbocycles. The number of aliphatic hydroxyl groups is 1. The Balaban J connectivity index is 1.82. The van der Waals surface area contributed by atoms with E-state index in [-0.39, 0.29) is 17.7 Å². The molecule has 1 fully saturated rings. The smallest absolute Gasteiger partial charge is 0.408 e. The fourth-order valence-corrected chi connectivity index (χ4v) is 4.56. The van der Waals surface area contributed by atoms with E-state index in [2.05, 4.69) is 15.3 Å². The van der Waals surface area contributed by atoms with Gasteiger partial charge in [-0.2, -0.15) is 0 Å².